The molecule has 0 aromatic carbocycles. The predicted octanol–water partition coefficient (Wildman–Crippen LogP) is 3.99. The van der Waals surface area contributed by atoms with E-state index in [0.717, 1.165) is 18.1 Å². The lowest BCUT2D eigenvalue weighted by molar-refractivity contribution is 0.0696. The van der Waals surface area contributed by atoms with Crippen LogP contribution in [0.25, 0.3) is 0 Å². The average molecular weight is 282 g/mol. The van der Waals surface area contributed by atoms with Crippen LogP contribution in [-0.2, 0) is 0 Å². The third-order valence-corrected chi connectivity index (χ3v) is 2.34. The van der Waals surface area contributed by atoms with Crippen molar-refractivity contribution in [2.24, 2.45) is 0 Å². The van der Waals surface area contributed by atoms with Crippen LogP contribution in [0.1, 0.15) is 36.5 Å². The van der Waals surface area contributed by atoms with E-state index in [2.05, 4.69) is 11.9 Å². The molecular formula is C11H14Cl2FNO2. The number of rotatable bonds is 4. The molecule has 0 aliphatic carbocycles. The maximum Gasteiger partial charge on any atom is 0.338 e. The van der Waals surface area contributed by atoms with E-state index in [1.54, 1.807) is 0 Å². The minimum absolute atomic E-state index is 0.209. The standard InChI is InChI=1S/C6H3ClFNO2.C5H11Cl/c7-5-4(6(10)11)1-3(8)2-9-5;1-2-3-4-5-6/h1-2H,(H,10,11);2-5H2,1H3. The Bertz CT molecular complexity index is 357. The van der Waals surface area contributed by atoms with Gasteiger partial charge in [-0.05, 0) is 12.5 Å². The Morgan fingerprint density at radius 3 is 2.53 bits per heavy atom. The Hall–Kier alpha value is -0.870. The summed E-state index contributed by atoms with van der Waals surface area (Å²) in [5.74, 6) is -1.18. The minimum Gasteiger partial charge on any atom is -0.478 e. The number of hydrogen-bond acceptors (Lipinski definition) is 2. The van der Waals surface area contributed by atoms with Crippen LogP contribution in [0.15, 0.2) is 12.3 Å². The lowest BCUT2D eigenvalue weighted by Crippen LogP contribution is -1.99. The van der Waals surface area contributed by atoms with E-state index >= 15 is 0 Å². The zero-order valence-corrected chi connectivity index (χ0v) is 10.9. The third kappa shape index (κ3) is 7.13. The fraction of sp³-hybridized carbons (Fsp3) is 0.455. The van der Waals surface area contributed by atoms with Gasteiger partial charge in [0, 0.05) is 5.88 Å². The second-order valence-electron chi connectivity index (χ2n) is 3.19. The molecule has 3 nitrogen and oxygen atoms in total. The molecule has 0 bridgehead atoms. The summed E-state index contributed by atoms with van der Waals surface area (Å²) in [6.07, 6.45) is 4.59. The largest absolute Gasteiger partial charge is 0.478 e. The van der Waals surface area contributed by atoms with Crippen molar-refractivity contribution in [1.29, 1.82) is 0 Å². The third-order valence-electron chi connectivity index (χ3n) is 1.77. The first-order valence-corrected chi connectivity index (χ1v) is 6.04. The van der Waals surface area contributed by atoms with Crippen molar-refractivity contribution in [3.05, 3.63) is 28.8 Å². The number of aromatic nitrogens is 1. The molecular weight excluding hydrogens is 268 g/mol. The minimum atomic E-state index is -1.29. The highest BCUT2D eigenvalue weighted by Crippen LogP contribution is 2.12. The number of halogens is 3. The zero-order chi connectivity index (χ0) is 13.3. The number of carbonyl (C=O) groups is 1. The zero-order valence-electron chi connectivity index (χ0n) is 9.42. The molecule has 0 spiro atoms. The van der Waals surface area contributed by atoms with Gasteiger partial charge >= 0.3 is 5.97 Å². The molecule has 1 N–H and O–H groups in total. The lowest BCUT2D eigenvalue weighted by Gasteiger charge is -1.95. The van der Waals surface area contributed by atoms with Crippen molar-refractivity contribution in [3.8, 4) is 0 Å². The number of alkyl halides is 1. The molecule has 0 saturated carbocycles. The molecule has 0 atom stereocenters. The number of unbranched alkanes of at least 4 members (excludes halogenated alkanes) is 2. The summed E-state index contributed by atoms with van der Waals surface area (Å²) < 4.78 is 12.3. The van der Waals surface area contributed by atoms with Gasteiger partial charge in [0.15, 0.2) is 0 Å². The Morgan fingerprint density at radius 1 is 1.53 bits per heavy atom. The molecule has 1 aromatic heterocycles. The highest BCUT2D eigenvalue weighted by atomic mass is 35.5. The van der Waals surface area contributed by atoms with Gasteiger partial charge in [0.25, 0.3) is 0 Å². The summed E-state index contributed by atoms with van der Waals surface area (Å²) in [5, 5.41) is 8.19. The number of aromatic carboxylic acids is 1. The monoisotopic (exact) mass is 281 g/mol. The first-order chi connectivity index (χ1) is 8.02. The molecule has 96 valence electrons. The van der Waals surface area contributed by atoms with Crippen molar-refractivity contribution >= 4 is 29.2 Å². The second-order valence-corrected chi connectivity index (χ2v) is 3.93. The molecule has 0 aliphatic rings. The van der Waals surface area contributed by atoms with Gasteiger partial charge in [-0.25, -0.2) is 14.2 Å². The summed E-state index contributed by atoms with van der Waals surface area (Å²) in [5.41, 5.74) is -0.327. The molecule has 0 amide bonds. The second kappa shape index (κ2) is 9.19. The molecule has 1 heterocycles. The molecule has 0 saturated heterocycles. The summed E-state index contributed by atoms with van der Waals surface area (Å²) >= 11 is 10.7. The van der Waals surface area contributed by atoms with E-state index < -0.39 is 11.8 Å². The van der Waals surface area contributed by atoms with Crippen LogP contribution in [0.2, 0.25) is 5.15 Å². The van der Waals surface area contributed by atoms with Gasteiger partial charge in [0.05, 0.1) is 11.8 Å². The predicted molar refractivity (Wildman–Crippen MR) is 66.4 cm³/mol. The van der Waals surface area contributed by atoms with Crippen molar-refractivity contribution in [2.75, 3.05) is 5.88 Å². The number of nitrogens with zero attached hydrogens (tertiary/aromatic N) is 1. The Morgan fingerprint density at radius 2 is 2.18 bits per heavy atom. The van der Waals surface area contributed by atoms with Crippen LogP contribution in [0.5, 0.6) is 0 Å². The fourth-order valence-corrected chi connectivity index (χ4v) is 1.29. The van der Waals surface area contributed by atoms with Crippen LogP contribution in [0.4, 0.5) is 4.39 Å². The highest BCUT2D eigenvalue weighted by molar-refractivity contribution is 6.32. The topological polar surface area (TPSA) is 50.2 Å². The number of carboxylic acids is 1. The Kier molecular flexibility index (Phi) is 8.72. The average Bonchev–Trinajstić information content (AvgIpc) is 2.30. The van der Waals surface area contributed by atoms with Crippen molar-refractivity contribution < 1.29 is 14.3 Å². The van der Waals surface area contributed by atoms with E-state index in [0.29, 0.717) is 0 Å². The van der Waals surface area contributed by atoms with Crippen molar-refractivity contribution in [3.63, 3.8) is 0 Å². The van der Waals surface area contributed by atoms with E-state index in [-0.39, 0.29) is 10.7 Å². The first kappa shape index (κ1) is 16.1. The molecule has 0 radical (unpaired) electrons. The number of carboxylic acid groups (broad SMARTS) is 1. The number of hydrogen-bond donors (Lipinski definition) is 1. The van der Waals surface area contributed by atoms with Gasteiger partial charge in [-0.2, -0.15) is 0 Å². The maximum absolute atomic E-state index is 12.3. The van der Waals surface area contributed by atoms with Crippen molar-refractivity contribution in [1.82, 2.24) is 4.98 Å². The van der Waals surface area contributed by atoms with Crippen LogP contribution in [0.3, 0.4) is 0 Å². The highest BCUT2D eigenvalue weighted by Gasteiger charge is 2.09. The fourth-order valence-electron chi connectivity index (χ4n) is 0.917. The van der Waals surface area contributed by atoms with Gasteiger partial charge in [-0.3, -0.25) is 0 Å². The molecule has 0 fully saturated rings. The molecule has 0 unspecified atom stereocenters. The van der Waals surface area contributed by atoms with Crippen LogP contribution < -0.4 is 0 Å². The molecule has 1 rings (SSSR count). The molecule has 1 aromatic rings. The van der Waals surface area contributed by atoms with E-state index in [9.17, 15) is 9.18 Å². The van der Waals surface area contributed by atoms with Gasteiger partial charge in [0.1, 0.15) is 11.0 Å². The summed E-state index contributed by atoms with van der Waals surface area (Å²) in [6.45, 7) is 2.17. The Labute approximate surface area is 110 Å². The normalized spacial score (nSPS) is 9.41. The summed E-state index contributed by atoms with van der Waals surface area (Å²) in [4.78, 5) is 13.6. The van der Waals surface area contributed by atoms with E-state index in [1.807, 2.05) is 0 Å². The maximum atomic E-state index is 12.3. The smallest absolute Gasteiger partial charge is 0.338 e. The first-order valence-electron chi connectivity index (χ1n) is 5.13. The summed E-state index contributed by atoms with van der Waals surface area (Å²) in [7, 11) is 0. The van der Waals surface area contributed by atoms with Crippen LogP contribution in [-0.4, -0.2) is 21.9 Å². The quantitative estimate of drug-likeness (QED) is 0.516. The van der Waals surface area contributed by atoms with Gasteiger partial charge in [-0.15, -0.1) is 11.6 Å². The lowest BCUT2D eigenvalue weighted by atomic mass is 10.3. The van der Waals surface area contributed by atoms with Crippen molar-refractivity contribution in [2.45, 2.75) is 26.2 Å². The van der Waals surface area contributed by atoms with Crippen LogP contribution >= 0.6 is 23.2 Å². The van der Waals surface area contributed by atoms with Crippen LogP contribution in [0, 0.1) is 5.82 Å². The van der Waals surface area contributed by atoms with Gasteiger partial charge in [-0.1, -0.05) is 31.4 Å². The molecule has 0 aliphatic heterocycles. The SMILES string of the molecule is CCCCCCl.O=C(O)c1cc(F)cnc1Cl. The number of pyridine rings is 1. The van der Waals surface area contributed by atoms with Gasteiger partial charge < -0.3 is 5.11 Å². The molecule has 6 heteroatoms. The van der Waals surface area contributed by atoms with Gasteiger partial charge in [0.2, 0.25) is 0 Å². The van der Waals surface area contributed by atoms with E-state index in [1.165, 1.54) is 19.3 Å². The molecule has 17 heavy (non-hydrogen) atoms. The summed E-state index contributed by atoms with van der Waals surface area (Å²) in [6, 6.07) is 0.817. The van der Waals surface area contributed by atoms with E-state index in [4.69, 9.17) is 28.3 Å². The Balaban J connectivity index is 0.000000366.